The summed E-state index contributed by atoms with van der Waals surface area (Å²) in [6.45, 7) is 0. The molecule has 5 nitrogen and oxygen atoms in total. The summed E-state index contributed by atoms with van der Waals surface area (Å²) in [7, 11) is 0. The molecule has 0 spiro atoms. The zero-order valence-electron chi connectivity index (χ0n) is 8.57. The molecule has 3 aromatic heterocycles. The third-order valence-corrected chi connectivity index (χ3v) is 3.15. The average molecular weight is 245 g/mol. The zero-order valence-corrected chi connectivity index (χ0v) is 9.39. The highest BCUT2D eigenvalue weighted by Crippen LogP contribution is 2.21. The molecule has 0 atom stereocenters. The van der Waals surface area contributed by atoms with Crippen molar-refractivity contribution in [2.24, 2.45) is 0 Å². The quantitative estimate of drug-likeness (QED) is 0.751. The fourth-order valence-electron chi connectivity index (χ4n) is 1.57. The van der Waals surface area contributed by atoms with E-state index in [0.29, 0.717) is 5.65 Å². The molecule has 0 aliphatic heterocycles. The van der Waals surface area contributed by atoms with E-state index >= 15 is 0 Å². The number of aromatic nitrogens is 3. The Labute approximate surface area is 100 Å². The molecule has 0 aliphatic carbocycles. The summed E-state index contributed by atoms with van der Waals surface area (Å²) in [6, 6.07) is 3.09. The SMILES string of the molecule is O=C(O)c1ccn2cc(-c3nccs3)nc2c1. The predicted octanol–water partition coefficient (Wildman–Crippen LogP) is 2.16. The second-order valence-electron chi connectivity index (χ2n) is 3.45. The maximum absolute atomic E-state index is 10.8. The first-order valence-corrected chi connectivity index (χ1v) is 5.74. The molecule has 0 aromatic carbocycles. The molecule has 3 rings (SSSR count). The highest BCUT2D eigenvalue weighted by molar-refractivity contribution is 7.13. The van der Waals surface area contributed by atoms with Gasteiger partial charge in [0.25, 0.3) is 0 Å². The van der Waals surface area contributed by atoms with Crippen molar-refractivity contribution in [3.05, 3.63) is 41.7 Å². The lowest BCUT2D eigenvalue weighted by atomic mass is 10.3. The van der Waals surface area contributed by atoms with Crippen LogP contribution >= 0.6 is 11.3 Å². The average Bonchev–Trinajstić information content (AvgIpc) is 2.96. The maximum atomic E-state index is 10.8. The van der Waals surface area contributed by atoms with E-state index in [-0.39, 0.29) is 5.56 Å². The predicted molar refractivity (Wildman–Crippen MR) is 63.3 cm³/mol. The lowest BCUT2D eigenvalue weighted by molar-refractivity contribution is 0.0697. The number of carboxylic acid groups (broad SMARTS) is 1. The van der Waals surface area contributed by atoms with E-state index in [9.17, 15) is 4.79 Å². The molecule has 3 aromatic rings. The zero-order chi connectivity index (χ0) is 11.8. The van der Waals surface area contributed by atoms with Crippen molar-refractivity contribution in [2.45, 2.75) is 0 Å². The summed E-state index contributed by atoms with van der Waals surface area (Å²) in [5, 5.41) is 11.6. The van der Waals surface area contributed by atoms with E-state index in [4.69, 9.17) is 5.11 Å². The molecule has 17 heavy (non-hydrogen) atoms. The second-order valence-corrected chi connectivity index (χ2v) is 4.34. The number of imidazole rings is 1. The van der Waals surface area contributed by atoms with Crippen molar-refractivity contribution in [2.75, 3.05) is 0 Å². The molecule has 0 amide bonds. The van der Waals surface area contributed by atoms with Gasteiger partial charge in [0, 0.05) is 24.0 Å². The van der Waals surface area contributed by atoms with E-state index in [0.717, 1.165) is 10.7 Å². The normalized spacial score (nSPS) is 10.8. The van der Waals surface area contributed by atoms with Gasteiger partial charge in [0.2, 0.25) is 0 Å². The van der Waals surface area contributed by atoms with Gasteiger partial charge in [-0.15, -0.1) is 11.3 Å². The fourth-order valence-corrected chi connectivity index (χ4v) is 2.16. The third kappa shape index (κ3) is 1.68. The third-order valence-electron chi connectivity index (χ3n) is 2.36. The number of carboxylic acids is 1. The summed E-state index contributed by atoms with van der Waals surface area (Å²) in [5.41, 5.74) is 1.59. The first kappa shape index (κ1) is 9.98. The summed E-state index contributed by atoms with van der Waals surface area (Å²) in [6.07, 6.45) is 5.23. The number of hydrogen-bond donors (Lipinski definition) is 1. The number of aromatic carboxylic acids is 1. The number of thiazole rings is 1. The first-order valence-electron chi connectivity index (χ1n) is 4.86. The number of nitrogens with zero attached hydrogens (tertiary/aromatic N) is 3. The molecular weight excluding hydrogens is 238 g/mol. The minimum atomic E-state index is -0.953. The van der Waals surface area contributed by atoms with Gasteiger partial charge in [0.1, 0.15) is 16.3 Å². The Morgan fingerprint density at radius 3 is 3.06 bits per heavy atom. The number of pyridine rings is 1. The Morgan fingerprint density at radius 2 is 2.35 bits per heavy atom. The van der Waals surface area contributed by atoms with Crippen molar-refractivity contribution >= 4 is 23.0 Å². The molecule has 0 saturated carbocycles. The molecular formula is C11H7N3O2S. The van der Waals surface area contributed by atoms with Crippen LogP contribution in [0.5, 0.6) is 0 Å². The van der Waals surface area contributed by atoms with Crippen molar-refractivity contribution in [1.29, 1.82) is 0 Å². The molecule has 6 heteroatoms. The Morgan fingerprint density at radius 1 is 1.47 bits per heavy atom. The minimum absolute atomic E-state index is 0.230. The topological polar surface area (TPSA) is 67.5 Å². The van der Waals surface area contributed by atoms with Gasteiger partial charge in [-0.05, 0) is 12.1 Å². The summed E-state index contributed by atoms with van der Waals surface area (Å²) < 4.78 is 1.78. The van der Waals surface area contributed by atoms with Crippen molar-refractivity contribution in [3.63, 3.8) is 0 Å². The number of fused-ring (bicyclic) bond motifs is 1. The number of carbonyl (C=O) groups is 1. The van der Waals surface area contributed by atoms with Crippen LogP contribution in [-0.4, -0.2) is 25.4 Å². The van der Waals surface area contributed by atoms with Crippen LogP contribution in [0.3, 0.4) is 0 Å². The largest absolute Gasteiger partial charge is 0.478 e. The second kappa shape index (κ2) is 3.67. The fraction of sp³-hybridized carbons (Fsp3) is 0. The molecule has 84 valence electrons. The van der Waals surface area contributed by atoms with Crippen LogP contribution in [0.4, 0.5) is 0 Å². The maximum Gasteiger partial charge on any atom is 0.335 e. The smallest absolute Gasteiger partial charge is 0.335 e. The van der Waals surface area contributed by atoms with Crippen LogP contribution in [0.25, 0.3) is 16.3 Å². The molecule has 0 unspecified atom stereocenters. The van der Waals surface area contributed by atoms with E-state index in [2.05, 4.69) is 9.97 Å². The van der Waals surface area contributed by atoms with Crippen molar-refractivity contribution in [1.82, 2.24) is 14.4 Å². The van der Waals surface area contributed by atoms with Crippen LogP contribution < -0.4 is 0 Å². The van der Waals surface area contributed by atoms with Gasteiger partial charge in [-0.1, -0.05) is 0 Å². The molecule has 0 fully saturated rings. The molecule has 0 aliphatic rings. The molecule has 3 heterocycles. The van der Waals surface area contributed by atoms with Gasteiger partial charge in [-0.3, -0.25) is 0 Å². The Kier molecular flexibility index (Phi) is 2.15. The first-order chi connectivity index (χ1) is 8.24. The lowest BCUT2D eigenvalue weighted by Gasteiger charge is -1.94. The summed E-state index contributed by atoms with van der Waals surface area (Å²) in [5.74, 6) is -0.953. The number of hydrogen-bond acceptors (Lipinski definition) is 4. The van der Waals surface area contributed by atoms with E-state index in [1.807, 2.05) is 11.6 Å². The highest BCUT2D eigenvalue weighted by Gasteiger charge is 2.09. The molecule has 0 saturated heterocycles. The van der Waals surface area contributed by atoms with Gasteiger partial charge in [-0.25, -0.2) is 14.8 Å². The monoisotopic (exact) mass is 245 g/mol. The van der Waals surface area contributed by atoms with Crippen LogP contribution in [-0.2, 0) is 0 Å². The van der Waals surface area contributed by atoms with Gasteiger partial charge in [-0.2, -0.15) is 0 Å². The van der Waals surface area contributed by atoms with Gasteiger partial charge < -0.3 is 9.51 Å². The van der Waals surface area contributed by atoms with Crippen molar-refractivity contribution < 1.29 is 9.90 Å². The number of rotatable bonds is 2. The lowest BCUT2D eigenvalue weighted by Crippen LogP contribution is -1.96. The van der Waals surface area contributed by atoms with Gasteiger partial charge in [0.05, 0.1) is 5.56 Å². The Bertz CT molecular complexity index is 688. The Hall–Kier alpha value is -2.21. The molecule has 1 N–H and O–H groups in total. The standard InChI is InChI=1S/C11H7N3O2S/c15-11(16)7-1-3-14-6-8(13-9(14)5-7)10-12-2-4-17-10/h1-6H,(H,15,16). The van der Waals surface area contributed by atoms with Crippen molar-refractivity contribution in [3.8, 4) is 10.7 Å². The Balaban J connectivity index is 2.16. The van der Waals surface area contributed by atoms with E-state index in [1.165, 1.54) is 11.3 Å². The van der Waals surface area contributed by atoms with E-state index < -0.39 is 5.97 Å². The highest BCUT2D eigenvalue weighted by atomic mass is 32.1. The van der Waals surface area contributed by atoms with Crippen LogP contribution in [0.15, 0.2) is 36.1 Å². The summed E-state index contributed by atoms with van der Waals surface area (Å²) >= 11 is 1.50. The van der Waals surface area contributed by atoms with Crippen LogP contribution in [0.1, 0.15) is 10.4 Å². The minimum Gasteiger partial charge on any atom is -0.478 e. The van der Waals surface area contributed by atoms with E-state index in [1.54, 1.807) is 28.9 Å². The molecule has 0 radical (unpaired) electrons. The van der Waals surface area contributed by atoms with Crippen LogP contribution in [0, 0.1) is 0 Å². The van der Waals surface area contributed by atoms with Gasteiger partial charge in [0.15, 0.2) is 0 Å². The van der Waals surface area contributed by atoms with Crippen LogP contribution in [0.2, 0.25) is 0 Å². The molecule has 0 bridgehead atoms. The summed E-state index contributed by atoms with van der Waals surface area (Å²) in [4.78, 5) is 19.3. The van der Waals surface area contributed by atoms with Gasteiger partial charge >= 0.3 is 5.97 Å².